The fraction of sp³-hybridized carbons (Fsp3) is 0.850. The first kappa shape index (κ1) is 18.4. The molecule has 1 aromatic rings. The van der Waals surface area contributed by atoms with Gasteiger partial charge in [-0.25, -0.2) is 4.98 Å². The quantitative estimate of drug-likeness (QED) is 0.865. The third-order valence-corrected chi connectivity index (χ3v) is 6.67. The van der Waals surface area contributed by atoms with Crippen molar-refractivity contribution in [3.63, 3.8) is 0 Å². The Morgan fingerprint density at radius 3 is 2.73 bits per heavy atom. The Kier molecular flexibility index (Phi) is 5.37. The van der Waals surface area contributed by atoms with Crippen LogP contribution in [0.3, 0.4) is 0 Å². The van der Waals surface area contributed by atoms with Gasteiger partial charge in [0.25, 0.3) is 0 Å². The molecule has 5 rings (SSSR count). The number of hydrogen-bond acceptors (Lipinski definition) is 5. The van der Waals surface area contributed by atoms with Gasteiger partial charge in [0.15, 0.2) is 0 Å². The summed E-state index contributed by atoms with van der Waals surface area (Å²) in [6.45, 7) is 16.7. The maximum Gasteiger partial charge on any atom is 0.0925 e. The number of aromatic amines is 1. The zero-order valence-electron chi connectivity index (χ0n) is 16.7. The van der Waals surface area contributed by atoms with Gasteiger partial charge in [0.05, 0.1) is 25.2 Å². The number of hydrogen-bond donors (Lipinski definition) is 1. The molecule has 0 aliphatic carbocycles. The largest absolute Gasteiger partial charge is 0.379 e. The van der Waals surface area contributed by atoms with Crippen molar-refractivity contribution in [2.75, 3.05) is 52.5 Å². The highest BCUT2D eigenvalue weighted by atomic mass is 16.5. The van der Waals surface area contributed by atoms with Crippen LogP contribution >= 0.6 is 0 Å². The summed E-state index contributed by atoms with van der Waals surface area (Å²) in [5.41, 5.74) is 2.65. The Morgan fingerprint density at radius 2 is 2.00 bits per heavy atom. The molecule has 0 amide bonds. The number of nitrogens with one attached hydrogen (secondary N) is 1. The number of morpholine rings is 1. The highest BCUT2D eigenvalue weighted by molar-refractivity contribution is 5.09. The van der Waals surface area contributed by atoms with E-state index in [2.05, 4.69) is 45.4 Å². The van der Waals surface area contributed by atoms with Crippen molar-refractivity contribution in [1.29, 1.82) is 0 Å². The molecule has 0 spiro atoms. The lowest BCUT2D eigenvalue weighted by Crippen LogP contribution is -2.58. The minimum absolute atomic E-state index is 0.220. The third-order valence-electron chi connectivity index (χ3n) is 6.67. The van der Waals surface area contributed by atoms with Crippen molar-refractivity contribution >= 4 is 0 Å². The molecule has 146 valence electrons. The van der Waals surface area contributed by atoms with Gasteiger partial charge < -0.3 is 9.72 Å². The number of aromatic nitrogens is 2. The molecule has 4 aliphatic rings. The second kappa shape index (κ2) is 7.58. The van der Waals surface area contributed by atoms with Gasteiger partial charge in [-0.1, -0.05) is 0 Å². The predicted octanol–water partition coefficient (Wildman–Crippen LogP) is 1.73. The fourth-order valence-corrected chi connectivity index (χ4v) is 5.12. The summed E-state index contributed by atoms with van der Waals surface area (Å²) in [7, 11) is 0. The van der Waals surface area contributed by atoms with E-state index < -0.39 is 0 Å². The van der Waals surface area contributed by atoms with E-state index in [-0.39, 0.29) is 5.54 Å². The van der Waals surface area contributed by atoms with E-state index >= 15 is 0 Å². The molecule has 1 N–H and O–H groups in total. The van der Waals surface area contributed by atoms with Crippen LogP contribution in [-0.2, 0) is 11.3 Å². The minimum atomic E-state index is 0.220. The number of nitrogens with zero attached hydrogens (tertiary/aromatic N) is 4. The van der Waals surface area contributed by atoms with Crippen molar-refractivity contribution in [1.82, 2.24) is 24.7 Å². The van der Waals surface area contributed by atoms with Crippen LogP contribution in [0.15, 0.2) is 6.33 Å². The Balaban J connectivity index is 1.40. The van der Waals surface area contributed by atoms with Gasteiger partial charge in [-0.2, -0.15) is 0 Å². The second-order valence-electron chi connectivity index (χ2n) is 9.11. The molecule has 2 bridgehead atoms. The number of H-pyrrole nitrogens is 1. The summed E-state index contributed by atoms with van der Waals surface area (Å²) < 4.78 is 5.56. The van der Waals surface area contributed by atoms with Crippen LogP contribution in [0, 0.1) is 12.8 Å². The van der Waals surface area contributed by atoms with E-state index in [0.29, 0.717) is 6.04 Å². The molecule has 2 atom stereocenters. The normalized spacial score (nSPS) is 29.2. The van der Waals surface area contributed by atoms with E-state index in [4.69, 9.17) is 4.74 Å². The average Bonchev–Trinajstić information content (AvgIpc) is 2.84. The number of ether oxygens (including phenoxy) is 1. The van der Waals surface area contributed by atoms with Crippen molar-refractivity contribution in [3.05, 3.63) is 17.7 Å². The first-order chi connectivity index (χ1) is 12.5. The molecule has 26 heavy (non-hydrogen) atoms. The van der Waals surface area contributed by atoms with Crippen LogP contribution < -0.4 is 0 Å². The number of imidazole rings is 1. The van der Waals surface area contributed by atoms with Crippen molar-refractivity contribution in [2.24, 2.45) is 5.92 Å². The Labute approximate surface area is 157 Å². The third kappa shape index (κ3) is 3.98. The molecule has 1 aromatic heterocycles. The Morgan fingerprint density at radius 1 is 1.19 bits per heavy atom. The number of fused-ring (bicyclic) bond motifs is 4. The predicted molar refractivity (Wildman–Crippen MR) is 103 cm³/mol. The van der Waals surface area contributed by atoms with E-state index in [9.17, 15) is 0 Å². The summed E-state index contributed by atoms with van der Waals surface area (Å²) in [5, 5.41) is 0. The van der Waals surface area contributed by atoms with Crippen LogP contribution in [-0.4, -0.2) is 88.7 Å². The van der Waals surface area contributed by atoms with Gasteiger partial charge in [0, 0.05) is 63.1 Å². The van der Waals surface area contributed by atoms with E-state index in [0.717, 1.165) is 38.8 Å². The summed E-state index contributed by atoms with van der Waals surface area (Å²) in [6.07, 6.45) is 4.56. The summed E-state index contributed by atoms with van der Waals surface area (Å²) in [6, 6.07) is 0.688. The highest BCUT2D eigenvalue weighted by Crippen LogP contribution is 2.31. The van der Waals surface area contributed by atoms with E-state index in [1.165, 1.54) is 50.4 Å². The van der Waals surface area contributed by atoms with Gasteiger partial charge in [0.2, 0.25) is 0 Å². The maximum absolute atomic E-state index is 5.56. The van der Waals surface area contributed by atoms with Crippen molar-refractivity contribution < 1.29 is 4.74 Å². The first-order valence-corrected chi connectivity index (χ1v) is 10.3. The standard InChI is InChI=1S/C20H35N5O/c1-16-19(22-15-21-16)13-23-10-17-4-5-18(12-23)24(11-17)14-20(2,3)25-6-8-26-9-7-25/h15,17-18H,4-14H2,1-3H3,(H,21,22). The molecule has 4 saturated heterocycles. The molecule has 0 radical (unpaired) electrons. The molecule has 4 aliphatic heterocycles. The molecule has 0 saturated carbocycles. The lowest BCUT2D eigenvalue weighted by atomic mass is 9.92. The van der Waals surface area contributed by atoms with E-state index in [1.54, 1.807) is 0 Å². The number of rotatable bonds is 5. The molecule has 4 fully saturated rings. The molecule has 6 heteroatoms. The van der Waals surface area contributed by atoms with Crippen LogP contribution in [0.4, 0.5) is 0 Å². The average molecular weight is 362 g/mol. The van der Waals surface area contributed by atoms with Crippen LogP contribution in [0.5, 0.6) is 0 Å². The molecule has 2 unspecified atom stereocenters. The highest BCUT2D eigenvalue weighted by Gasteiger charge is 2.39. The first-order valence-electron chi connectivity index (χ1n) is 10.3. The van der Waals surface area contributed by atoms with Crippen LogP contribution in [0.2, 0.25) is 0 Å². The fourth-order valence-electron chi connectivity index (χ4n) is 5.12. The second-order valence-corrected chi connectivity index (χ2v) is 9.11. The number of aryl methyl sites for hydroxylation is 1. The Hall–Kier alpha value is -0.950. The van der Waals surface area contributed by atoms with Gasteiger partial charge in [-0.15, -0.1) is 0 Å². The molecule has 0 aromatic carbocycles. The topological polar surface area (TPSA) is 47.6 Å². The minimum Gasteiger partial charge on any atom is -0.379 e. The smallest absolute Gasteiger partial charge is 0.0925 e. The van der Waals surface area contributed by atoms with Gasteiger partial charge in [-0.3, -0.25) is 14.7 Å². The van der Waals surface area contributed by atoms with Crippen molar-refractivity contribution in [3.8, 4) is 0 Å². The SMILES string of the molecule is Cc1[nH]cnc1CN1CC2CCC(C1)N(CC(C)(C)N1CCOCC1)C2. The zero-order chi connectivity index (χ0) is 18.1. The van der Waals surface area contributed by atoms with Gasteiger partial charge >= 0.3 is 0 Å². The zero-order valence-corrected chi connectivity index (χ0v) is 16.7. The maximum atomic E-state index is 5.56. The molecular formula is C20H35N5O. The van der Waals surface area contributed by atoms with Crippen LogP contribution in [0.25, 0.3) is 0 Å². The summed E-state index contributed by atoms with van der Waals surface area (Å²) in [5.74, 6) is 0.800. The lowest BCUT2D eigenvalue weighted by Gasteiger charge is -2.46. The lowest BCUT2D eigenvalue weighted by molar-refractivity contribution is -0.0310. The molecular weight excluding hydrogens is 326 g/mol. The summed E-state index contributed by atoms with van der Waals surface area (Å²) >= 11 is 0. The monoisotopic (exact) mass is 361 g/mol. The summed E-state index contributed by atoms with van der Waals surface area (Å²) in [4.78, 5) is 15.8. The van der Waals surface area contributed by atoms with Gasteiger partial charge in [-0.05, 0) is 39.5 Å². The Bertz CT molecular complexity index is 595. The van der Waals surface area contributed by atoms with Crippen molar-refractivity contribution in [2.45, 2.75) is 51.7 Å². The van der Waals surface area contributed by atoms with Crippen LogP contribution in [0.1, 0.15) is 38.1 Å². The van der Waals surface area contributed by atoms with E-state index in [1.807, 2.05) is 6.33 Å². The molecule has 6 nitrogen and oxygen atoms in total. The van der Waals surface area contributed by atoms with Gasteiger partial charge in [0.1, 0.15) is 0 Å². The number of piperidine rings is 1. The molecule has 5 heterocycles.